The second-order valence-electron chi connectivity index (χ2n) is 3.88. The highest BCUT2D eigenvalue weighted by Gasteiger charge is 2.07. The van der Waals surface area contributed by atoms with Gasteiger partial charge in [0.15, 0.2) is 0 Å². The minimum absolute atomic E-state index is 0.927. The number of nitrogens with one attached hydrogen (secondary N) is 1. The van der Waals surface area contributed by atoms with Crippen LogP contribution in [0.5, 0.6) is 0 Å². The van der Waals surface area contributed by atoms with Crippen LogP contribution in [0.2, 0.25) is 0 Å². The van der Waals surface area contributed by atoms with E-state index in [0.29, 0.717) is 0 Å². The molecule has 1 heterocycles. The molecule has 2 aromatic rings. The molecule has 0 fully saturated rings. The summed E-state index contributed by atoms with van der Waals surface area (Å²) in [4.78, 5) is 0. The fourth-order valence-electron chi connectivity index (χ4n) is 1.98. The molecule has 15 heavy (non-hydrogen) atoms. The van der Waals surface area contributed by atoms with Crippen molar-refractivity contribution in [3.05, 3.63) is 29.5 Å². The van der Waals surface area contributed by atoms with E-state index >= 15 is 0 Å². The maximum atomic E-state index is 4.59. The normalized spacial score (nSPS) is 11.1. The average molecular weight is 203 g/mol. The molecule has 0 bridgehead atoms. The van der Waals surface area contributed by atoms with E-state index in [1.807, 2.05) is 7.05 Å². The Morgan fingerprint density at radius 1 is 1.33 bits per heavy atom. The Hall–Kier alpha value is -1.35. The molecule has 3 nitrogen and oxygen atoms in total. The lowest BCUT2D eigenvalue weighted by atomic mass is 10.1. The van der Waals surface area contributed by atoms with Crippen molar-refractivity contribution in [3.8, 4) is 0 Å². The second-order valence-corrected chi connectivity index (χ2v) is 3.88. The van der Waals surface area contributed by atoms with Crippen LogP contribution in [0.15, 0.2) is 18.2 Å². The molecule has 0 saturated heterocycles. The highest BCUT2D eigenvalue weighted by Crippen LogP contribution is 2.21. The van der Waals surface area contributed by atoms with Gasteiger partial charge in [0, 0.05) is 17.6 Å². The van der Waals surface area contributed by atoms with E-state index in [1.165, 1.54) is 16.6 Å². The maximum Gasteiger partial charge on any atom is 0.0928 e. The quantitative estimate of drug-likeness (QED) is 0.825. The van der Waals surface area contributed by atoms with E-state index in [2.05, 4.69) is 47.1 Å². The summed E-state index contributed by atoms with van der Waals surface area (Å²) < 4.78 is 2.08. The first-order valence-electron chi connectivity index (χ1n) is 5.31. The van der Waals surface area contributed by atoms with E-state index < -0.39 is 0 Å². The van der Waals surface area contributed by atoms with Crippen molar-refractivity contribution in [1.82, 2.24) is 15.1 Å². The van der Waals surface area contributed by atoms with Crippen molar-refractivity contribution in [2.75, 3.05) is 13.6 Å². The van der Waals surface area contributed by atoms with E-state index in [1.54, 1.807) is 0 Å². The lowest BCUT2D eigenvalue weighted by molar-refractivity contribution is 0.577. The van der Waals surface area contributed by atoms with Gasteiger partial charge in [0.05, 0.1) is 12.1 Å². The third kappa shape index (κ3) is 1.75. The van der Waals surface area contributed by atoms with Crippen LogP contribution in [-0.4, -0.2) is 23.4 Å². The minimum atomic E-state index is 0.927. The van der Waals surface area contributed by atoms with Crippen molar-refractivity contribution in [2.45, 2.75) is 20.4 Å². The lowest BCUT2D eigenvalue weighted by Gasteiger charge is -2.03. The van der Waals surface area contributed by atoms with E-state index in [0.717, 1.165) is 18.6 Å². The number of hydrogen-bond donors (Lipinski definition) is 1. The highest BCUT2D eigenvalue weighted by atomic mass is 15.3. The van der Waals surface area contributed by atoms with Crippen LogP contribution in [0.25, 0.3) is 10.9 Å². The summed E-state index contributed by atoms with van der Waals surface area (Å²) in [5.41, 5.74) is 3.67. The van der Waals surface area contributed by atoms with Crippen LogP contribution in [0.4, 0.5) is 0 Å². The zero-order valence-corrected chi connectivity index (χ0v) is 9.54. The average Bonchev–Trinajstić information content (AvgIpc) is 2.54. The molecule has 3 heteroatoms. The molecule has 2 rings (SSSR count). The number of aryl methyl sites for hydroxylation is 2. The van der Waals surface area contributed by atoms with E-state index in [9.17, 15) is 0 Å². The predicted octanol–water partition coefficient (Wildman–Crippen LogP) is 1.87. The summed E-state index contributed by atoms with van der Waals surface area (Å²) in [7, 11) is 1.96. The van der Waals surface area contributed by atoms with E-state index in [4.69, 9.17) is 0 Å². The highest BCUT2D eigenvalue weighted by molar-refractivity contribution is 5.84. The van der Waals surface area contributed by atoms with Gasteiger partial charge in [-0.3, -0.25) is 4.68 Å². The Morgan fingerprint density at radius 2 is 2.13 bits per heavy atom. The summed E-state index contributed by atoms with van der Waals surface area (Å²) in [5, 5.41) is 9.03. The first kappa shape index (κ1) is 10.2. The molecule has 0 saturated carbocycles. The number of nitrogens with zero attached hydrogens (tertiary/aromatic N) is 2. The maximum absolute atomic E-state index is 4.59. The summed E-state index contributed by atoms with van der Waals surface area (Å²) >= 11 is 0. The Bertz CT molecular complexity index is 471. The Kier molecular flexibility index (Phi) is 2.73. The summed E-state index contributed by atoms with van der Waals surface area (Å²) in [5.74, 6) is 0. The van der Waals surface area contributed by atoms with Crippen molar-refractivity contribution in [3.63, 3.8) is 0 Å². The monoisotopic (exact) mass is 203 g/mol. The van der Waals surface area contributed by atoms with Crippen molar-refractivity contribution >= 4 is 10.9 Å². The van der Waals surface area contributed by atoms with E-state index in [-0.39, 0.29) is 0 Å². The number of fused-ring (bicyclic) bond motifs is 1. The first-order valence-corrected chi connectivity index (χ1v) is 5.31. The molecule has 0 unspecified atom stereocenters. The van der Waals surface area contributed by atoms with Gasteiger partial charge in [0.2, 0.25) is 0 Å². The zero-order chi connectivity index (χ0) is 10.8. The SMILES string of the molecule is CNCCn1nc2cccc(C)c2c1C. The number of benzene rings is 1. The van der Waals surface area contributed by atoms with Gasteiger partial charge in [0.1, 0.15) is 0 Å². The van der Waals surface area contributed by atoms with Gasteiger partial charge in [-0.05, 0) is 32.5 Å². The molecule has 80 valence electrons. The molecule has 0 aliphatic carbocycles. The van der Waals surface area contributed by atoms with Crippen molar-refractivity contribution in [1.29, 1.82) is 0 Å². The number of hydrogen-bond acceptors (Lipinski definition) is 2. The summed E-state index contributed by atoms with van der Waals surface area (Å²) in [6.45, 7) is 6.15. The van der Waals surface area contributed by atoms with Crippen molar-refractivity contribution in [2.24, 2.45) is 0 Å². The smallest absolute Gasteiger partial charge is 0.0928 e. The predicted molar refractivity (Wildman–Crippen MR) is 63.1 cm³/mol. The Balaban J connectivity index is 2.50. The molecule has 0 amide bonds. The molecule has 0 aliphatic rings. The minimum Gasteiger partial charge on any atom is -0.318 e. The van der Waals surface area contributed by atoms with Crippen LogP contribution in [-0.2, 0) is 6.54 Å². The van der Waals surface area contributed by atoms with Gasteiger partial charge in [-0.15, -0.1) is 0 Å². The molecule has 1 N–H and O–H groups in total. The van der Waals surface area contributed by atoms with Crippen LogP contribution in [0.1, 0.15) is 11.3 Å². The fourth-order valence-corrected chi connectivity index (χ4v) is 1.98. The molecule has 0 atom stereocenters. The van der Waals surface area contributed by atoms with Gasteiger partial charge in [-0.25, -0.2) is 0 Å². The van der Waals surface area contributed by atoms with Crippen LogP contribution >= 0.6 is 0 Å². The molecular formula is C12H17N3. The molecule has 1 aromatic heterocycles. The first-order chi connectivity index (χ1) is 7.24. The van der Waals surface area contributed by atoms with Gasteiger partial charge >= 0.3 is 0 Å². The van der Waals surface area contributed by atoms with Gasteiger partial charge in [0.25, 0.3) is 0 Å². The van der Waals surface area contributed by atoms with Gasteiger partial charge in [-0.1, -0.05) is 12.1 Å². The van der Waals surface area contributed by atoms with Crippen molar-refractivity contribution < 1.29 is 0 Å². The molecular weight excluding hydrogens is 186 g/mol. The number of rotatable bonds is 3. The van der Waals surface area contributed by atoms with Crippen LogP contribution < -0.4 is 5.32 Å². The second kappa shape index (κ2) is 4.03. The topological polar surface area (TPSA) is 29.9 Å². The third-order valence-corrected chi connectivity index (χ3v) is 2.80. The summed E-state index contributed by atoms with van der Waals surface area (Å²) in [6.07, 6.45) is 0. The molecule has 0 spiro atoms. The number of likely N-dealkylation sites (N-methyl/N-ethyl adjacent to an activating group) is 1. The number of aromatic nitrogens is 2. The summed E-state index contributed by atoms with van der Waals surface area (Å²) in [6, 6.07) is 6.27. The Labute approximate surface area is 90.1 Å². The largest absolute Gasteiger partial charge is 0.318 e. The van der Waals surface area contributed by atoms with Gasteiger partial charge < -0.3 is 5.32 Å². The lowest BCUT2D eigenvalue weighted by Crippen LogP contribution is -2.16. The Morgan fingerprint density at radius 3 is 2.80 bits per heavy atom. The van der Waals surface area contributed by atoms with Gasteiger partial charge in [-0.2, -0.15) is 5.10 Å². The molecule has 0 radical (unpaired) electrons. The molecule has 0 aliphatic heterocycles. The van der Waals surface area contributed by atoms with Crippen LogP contribution in [0, 0.1) is 13.8 Å². The molecule has 1 aromatic carbocycles. The third-order valence-electron chi connectivity index (χ3n) is 2.80. The zero-order valence-electron chi connectivity index (χ0n) is 9.54. The standard InChI is InChI=1S/C12H17N3/c1-9-5-4-6-11-12(9)10(2)15(14-11)8-7-13-3/h4-6,13H,7-8H2,1-3H3. The van der Waals surface area contributed by atoms with Crippen LogP contribution in [0.3, 0.4) is 0 Å². The fraction of sp³-hybridized carbons (Fsp3) is 0.417.